The Labute approximate surface area is 221 Å². The summed E-state index contributed by atoms with van der Waals surface area (Å²) in [6, 6.07) is 14.4. The number of hydrogen-bond donors (Lipinski definition) is 4. The average molecular weight is 501 g/mol. The number of carbonyl (C=O) groups excluding carboxylic acids is 1. The Morgan fingerprint density at radius 1 is 1.11 bits per heavy atom. The van der Waals surface area contributed by atoms with Gasteiger partial charge in [0.05, 0.1) is 5.57 Å². The van der Waals surface area contributed by atoms with E-state index in [2.05, 4.69) is 58.0 Å². The van der Waals surface area contributed by atoms with Crippen LogP contribution in [0.2, 0.25) is 0 Å². The van der Waals surface area contributed by atoms with Gasteiger partial charge in [0.1, 0.15) is 5.84 Å². The lowest BCUT2D eigenvalue weighted by Crippen LogP contribution is -2.38. The molecule has 3 aromatic rings. The van der Waals surface area contributed by atoms with Crippen molar-refractivity contribution in [2.75, 3.05) is 24.2 Å². The van der Waals surface area contributed by atoms with Crippen LogP contribution in [0.5, 0.6) is 0 Å². The Morgan fingerprint density at radius 2 is 1.86 bits per heavy atom. The molecule has 1 aromatic heterocycles. The zero-order chi connectivity index (χ0) is 27.3. The fourth-order valence-electron chi connectivity index (χ4n) is 3.96. The van der Waals surface area contributed by atoms with Gasteiger partial charge in [-0.2, -0.15) is 0 Å². The molecule has 1 aliphatic rings. The quantitative estimate of drug-likeness (QED) is 0.154. The predicted octanol–water partition coefficient (Wildman–Crippen LogP) is 5.76. The molecule has 2 aromatic carbocycles. The average Bonchev–Trinajstić information content (AvgIpc) is 2.93. The zero-order valence-corrected chi connectivity index (χ0v) is 22.8. The number of aliphatic imine (C=N–C) groups is 1. The number of nitrogens with zero attached hydrogens (tertiary/aromatic N) is 2. The van der Waals surface area contributed by atoms with Crippen LogP contribution >= 0.6 is 0 Å². The molecule has 0 spiro atoms. The Hall–Kier alpha value is -3.97. The van der Waals surface area contributed by atoms with E-state index in [1.54, 1.807) is 24.7 Å². The van der Waals surface area contributed by atoms with Crippen molar-refractivity contribution in [3.05, 3.63) is 90.0 Å². The van der Waals surface area contributed by atoms with Crippen molar-refractivity contribution in [1.82, 2.24) is 10.3 Å². The molecule has 0 saturated heterocycles. The van der Waals surface area contributed by atoms with Gasteiger partial charge < -0.3 is 21.7 Å². The summed E-state index contributed by atoms with van der Waals surface area (Å²) in [5.74, 6) is 0.397. The lowest BCUT2D eigenvalue weighted by atomic mass is 9.79. The molecule has 0 aliphatic carbocycles. The van der Waals surface area contributed by atoms with Gasteiger partial charge in [-0.25, -0.2) is 4.99 Å². The number of rotatable bonds is 5. The summed E-state index contributed by atoms with van der Waals surface area (Å²) in [4.78, 5) is 19.3. The Bertz CT molecular complexity index is 1260. The number of nitrogens with one attached hydrogen (secondary N) is 3. The highest BCUT2D eigenvalue weighted by atomic mass is 16.1. The van der Waals surface area contributed by atoms with Gasteiger partial charge in [0.2, 0.25) is 0 Å². The third kappa shape index (κ3) is 8.02. The smallest absolute Gasteiger partial charge is 0.155 e. The maximum absolute atomic E-state index is 11.0. The summed E-state index contributed by atoms with van der Waals surface area (Å²) >= 11 is 0. The number of pyridine rings is 1. The molecule has 0 fully saturated rings. The van der Waals surface area contributed by atoms with E-state index in [0.717, 1.165) is 29.5 Å². The number of carbonyl (C=O) groups is 1. The largest absolute Gasteiger partial charge is 0.404 e. The van der Waals surface area contributed by atoms with Crippen LogP contribution in [0.3, 0.4) is 0 Å². The minimum atomic E-state index is 0.264. The van der Waals surface area contributed by atoms with Crippen LogP contribution in [0.4, 0.5) is 11.4 Å². The molecule has 0 bridgehead atoms. The van der Waals surface area contributed by atoms with Crippen LogP contribution in [-0.2, 0) is 16.8 Å². The molecule has 0 radical (unpaired) electrons. The monoisotopic (exact) mass is 500 g/mol. The van der Waals surface area contributed by atoms with Crippen molar-refractivity contribution in [2.45, 2.75) is 46.6 Å². The molecule has 2 heterocycles. The number of anilines is 2. The highest BCUT2D eigenvalue weighted by molar-refractivity contribution is 6.19. The predicted molar refractivity (Wildman–Crippen MR) is 158 cm³/mol. The first-order chi connectivity index (χ1) is 17.9. The van der Waals surface area contributed by atoms with Crippen molar-refractivity contribution >= 4 is 34.3 Å². The van der Waals surface area contributed by atoms with Crippen molar-refractivity contribution in [3.8, 4) is 0 Å². The number of aromatic nitrogens is 1. The second-order valence-corrected chi connectivity index (χ2v) is 8.87. The second-order valence-electron chi connectivity index (χ2n) is 8.87. The van der Waals surface area contributed by atoms with Crippen LogP contribution < -0.4 is 21.7 Å². The van der Waals surface area contributed by atoms with Gasteiger partial charge >= 0.3 is 0 Å². The molecule has 0 atom stereocenters. The van der Waals surface area contributed by atoms with Crippen LogP contribution in [0.25, 0.3) is 10.8 Å². The van der Waals surface area contributed by atoms with Crippen molar-refractivity contribution in [2.24, 2.45) is 10.7 Å². The van der Waals surface area contributed by atoms with E-state index in [9.17, 15) is 4.79 Å². The van der Waals surface area contributed by atoms with Gasteiger partial charge in [0, 0.05) is 67.1 Å². The maximum Gasteiger partial charge on any atom is 0.155 e. The van der Waals surface area contributed by atoms with Gasteiger partial charge in [-0.3, -0.25) is 9.78 Å². The van der Waals surface area contributed by atoms with Crippen molar-refractivity contribution in [1.29, 1.82) is 0 Å². The Balaban J connectivity index is 0.000000260. The molecule has 0 amide bonds. The highest BCUT2D eigenvalue weighted by Gasteiger charge is 2.26. The third-order valence-electron chi connectivity index (χ3n) is 5.84. The minimum absolute atomic E-state index is 0.264. The van der Waals surface area contributed by atoms with E-state index in [0.29, 0.717) is 17.7 Å². The molecule has 37 heavy (non-hydrogen) atoms. The highest BCUT2D eigenvalue weighted by Crippen LogP contribution is 2.31. The van der Waals surface area contributed by atoms with Gasteiger partial charge in [0.15, 0.2) is 6.29 Å². The van der Waals surface area contributed by atoms with Crippen molar-refractivity contribution < 1.29 is 4.79 Å². The molecule has 0 saturated carbocycles. The van der Waals surface area contributed by atoms with Crippen LogP contribution in [-0.4, -0.2) is 30.7 Å². The third-order valence-corrected chi connectivity index (χ3v) is 5.84. The number of aldehydes is 1. The van der Waals surface area contributed by atoms with Crippen LogP contribution in [0.15, 0.2) is 83.9 Å². The zero-order valence-electron chi connectivity index (χ0n) is 22.8. The molecule has 7 heteroatoms. The fraction of sp³-hybridized carbons (Fsp3) is 0.300. The minimum Gasteiger partial charge on any atom is -0.404 e. The van der Waals surface area contributed by atoms with E-state index in [4.69, 9.17) is 5.73 Å². The summed E-state index contributed by atoms with van der Waals surface area (Å²) in [6.07, 6.45) is 8.78. The van der Waals surface area contributed by atoms with Gasteiger partial charge in [-0.1, -0.05) is 45.9 Å². The summed E-state index contributed by atoms with van der Waals surface area (Å²) in [6.45, 7) is 12.5. The number of amidine groups is 1. The molecular formula is C30H40N6O. The number of benzene rings is 2. The lowest BCUT2D eigenvalue weighted by Gasteiger charge is -2.33. The molecule has 5 N–H and O–H groups in total. The van der Waals surface area contributed by atoms with Gasteiger partial charge in [-0.05, 0) is 53.8 Å². The molecule has 7 nitrogen and oxygen atoms in total. The van der Waals surface area contributed by atoms with E-state index < -0.39 is 0 Å². The molecular weight excluding hydrogens is 460 g/mol. The number of fused-ring (bicyclic) bond motifs is 2. The summed E-state index contributed by atoms with van der Waals surface area (Å²) < 4.78 is 0. The number of hydrogen-bond acceptors (Lipinski definition) is 6. The van der Waals surface area contributed by atoms with Gasteiger partial charge in [-0.15, -0.1) is 0 Å². The molecule has 1 aliphatic heterocycles. The van der Waals surface area contributed by atoms with Crippen LogP contribution in [0.1, 0.15) is 45.7 Å². The van der Waals surface area contributed by atoms with E-state index in [1.165, 1.54) is 23.0 Å². The SMILES string of the molecule is CC.CNc1ccc2c(c1)CNCC2(C)C.C\C=C/N=C(Nc1ccc2ccncc2c1)\C(C=O)=C/N. The maximum atomic E-state index is 11.0. The molecule has 196 valence electrons. The summed E-state index contributed by atoms with van der Waals surface area (Å²) in [7, 11) is 1.96. The summed E-state index contributed by atoms with van der Waals surface area (Å²) in [5, 5.41) is 11.8. The fourth-order valence-corrected chi connectivity index (χ4v) is 3.96. The second kappa shape index (κ2) is 14.6. The first-order valence-corrected chi connectivity index (χ1v) is 12.6. The lowest BCUT2D eigenvalue weighted by molar-refractivity contribution is -0.104. The standard InChI is InChI=1S/C16H16N4O.C12H18N2.C2H6/c1-2-6-19-16(14(9-17)11-21)20-15-4-3-12-5-7-18-10-13(12)8-15;1-12(2)8-14-7-9-6-10(13-3)4-5-11(9)12;1-2/h2-11H,17H2,1H3,(H,19,20);4-6,13-14H,7-8H2,1-3H3;1-2H3/b6-2-,14-9-;;. The first-order valence-electron chi connectivity index (χ1n) is 12.6. The molecule has 0 unspecified atom stereocenters. The first kappa shape index (κ1) is 29.3. The van der Waals surface area contributed by atoms with Gasteiger partial charge in [0.25, 0.3) is 0 Å². The number of allylic oxidation sites excluding steroid dienone is 1. The summed E-state index contributed by atoms with van der Waals surface area (Å²) in [5.41, 5.74) is 10.9. The van der Waals surface area contributed by atoms with Crippen LogP contribution in [0, 0.1) is 0 Å². The Morgan fingerprint density at radius 3 is 2.54 bits per heavy atom. The van der Waals surface area contributed by atoms with E-state index >= 15 is 0 Å². The topological polar surface area (TPSA) is 104 Å². The van der Waals surface area contributed by atoms with E-state index in [1.807, 2.05) is 52.1 Å². The molecule has 4 rings (SSSR count). The Kier molecular flexibility index (Phi) is 11.5. The van der Waals surface area contributed by atoms with E-state index in [-0.39, 0.29) is 5.41 Å². The normalized spacial score (nSPS) is 14.5. The van der Waals surface area contributed by atoms with Crippen molar-refractivity contribution in [3.63, 3.8) is 0 Å². The number of nitrogens with two attached hydrogens (primary N) is 1.